The molecule has 2 N–H and O–H groups in total. The lowest BCUT2D eigenvalue weighted by Crippen LogP contribution is -2.29. The van der Waals surface area contributed by atoms with Crippen molar-refractivity contribution in [1.29, 1.82) is 0 Å². The molecule has 26 heavy (non-hydrogen) atoms. The van der Waals surface area contributed by atoms with Crippen LogP contribution < -0.4 is 10.6 Å². The van der Waals surface area contributed by atoms with E-state index in [1.165, 1.54) is 0 Å². The van der Waals surface area contributed by atoms with Crippen molar-refractivity contribution < 1.29 is 19.1 Å². The second-order valence-corrected chi connectivity index (χ2v) is 6.81. The van der Waals surface area contributed by atoms with E-state index in [0.717, 1.165) is 38.5 Å². The first-order valence-corrected chi connectivity index (χ1v) is 10.2. The van der Waals surface area contributed by atoms with Crippen LogP contribution in [0.1, 0.15) is 78.1 Å². The zero-order valence-corrected chi connectivity index (χ0v) is 17.3. The number of unbranched alkanes of at least 4 members (excludes halogenated alkanes) is 3. The fourth-order valence-electron chi connectivity index (χ4n) is 2.69. The van der Waals surface area contributed by atoms with Gasteiger partial charge in [0.1, 0.15) is 0 Å². The lowest BCUT2D eigenvalue weighted by atomic mass is 10.1. The van der Waals surface area contributed by atoms with Crippen LogP contribution >= 0.6 is 0 Å². The lowest BCUT2D eigenvalue weighted by Gasteiger charge is -2.15. The molecule has 0 aromatic carbocycles. The Bertz CT molecular complexity index is 330. The molecule has 0 saturated carbocycles. The highest BCUT2D eigenvalue weighted by Gasteiger charge is 2.13. The number of rotatable bonds is 17. The first-order chi connectivity index (χ1) is 12.6. The Morgan fingerprint density at radius 1 is 0.731 bits per heavy atom. The molecule has 0 rings (SSSR count). The summed E-state index contributed by atoms with van der Waals surface area (Å²) in [7, 11) is 3.76. The van der Waals surface area contributed by atoms with Gasteiger partial charge in [-0.05, 0) is 39.8 Å². The SMILES string of the molecule is CCCCC(CC(=O)OCCCCOC(=O)CC(CCCC)NC)NC. The third-order valence-electron chi connectivity index (χ3n) is 4.52. The monoisotopic (exact) mass is 372 g/mol. The average molecular weight is 373 g/mol. The highest BCUT2D eigenvalue weighted by Crippen LogP contribution is 2.07. The molecule has 0 aliphatic rings. The Balaban J connectivity index is 3.70. The topological polar surface area (TPSA) is 76.7 Å². The molecule has 0 amide bonds. The number of carbonyl (C=O) groups is 2. The summed E-state index contributed by atoms with van der Waals surface area (Å²) in [5.74, 6) is -0.324. The maximum atomic E-state index is 11.8. The molecule has 2 unspecified atom stereocenters. The second-order valence-electron chi connectivity index (χ2n) is 6.81. The molecule has 6 nitrogen and oxygen atoms in total. The van der Waals surface area contributed by atoms with Crippen molar-refractivity contribution in [3.05, 3.63) is 0 Å². The zero-order chi connectivity index (χ0) is 19.6. The van der Waals surface area contributed by atoms with Crippen LogP contribution in [0.2, 0.25) is 0 Å². The molecule has 0 aliphatic heterocycles. The van der Waals surface area contributed by atoms with Crippen molar-refractivity contribution in [2.24, 2.45) is 0 Å². The number of hydrogen-bond acceptors (Lipinski definition) is 6. The van der Waals surface area contributed by atoms with Gasteiger partial charge in [-0.2, -0.15) is 0 Å². The van der Waals surface area contributed by atoms with Crippen molar-refractivity contribution in [2.45, 2.75) is 90.1 Å². The van der Waals surface area contributed by atoms with Crippen LogP contribution in [0.5, 0.6) is 0 Å². The quantitative estimate of drug-likeness (QED) is 0.302. The highest BCUT2D eigenvalue weighted by atomic mass is 16.5. The Labute approximate surface area is 159 Å². The molecule has 0 bridgehead atoms. The second kappa shape index (κ2) is 17.3. The lowest BCUT2D eigenvalue weighted by molar-refractivity contribution is -0.146. The minimum Gasteiger partial charge on any atom is -0.466 e. The van der Waals surface area contributed by atoms with Crippen LogP contribution in [0.25, 0.3) is 0 Å². The molecule has 0 spiro atoms. The standard InChI is InChI=1S/C20H40N2O4/c1-5-7-11-17(21-3)15-19(23)25-13-9-10-14-26-20(24)16-18(22-4)12-8-6-2/h17-18,21-22H,5-16H2,1-4H3. The Kier molecular flexibility index (Phi) is 16.5. The Morgan fingerprint density at radius 3 is 1.42 bits per heavy atom. The molecule has 0 fully saturated rings. The minimum absolute atomic E-state index is 0.162. The first kappa shape index (κ1) is 24.9. The summed E-state index contributed by atoms with van der Waals surface area (Å²) in [5, 5.41) is 6.32. The average Bonchev–Trinajstić information content (AvgIpc) is 2.64. The molecule has 0 aliphatic carbocycles. The Morgan fingerprint density at radius 2 is 1.12 bits per heavy atom. The molecule has 0 aromatic heterocycles. The van der Waals surface area contributed by atoms with Gasteiger partial charge < -0.3 is 20.1 Å². The van der Waals surface area contributed by atoms with Gasteiger partial charge in [-0.15, -0.1) is 0 Å². The van der Waals surface area contributed by atoms with E-state index in [4.69, 9.17) is 9.47 Å². The molecule has 0 aromatic rings. The van der Waals surface area contributed by atoms with Crippen LogP contribution in [0.3, 0.4) is 0 Å². The number of nitrogens with one attached hydrogen (secondary N) is 2. The van der Waals surface area contributed by atoms with Gasteiger partial charge in [-0.3, -0.25) is 9.59 Å². The van der Waals surface area contributed by atoms with Gasteiger partial charge in [-0.25, -0.2) is 0 Å². The van der Waals surface area contributed by atoms with Gasteiger partial charge in [0.25, 0.3) is 0 Å². The summed E-state index contributed by atoms with van der Waals surface area (Å²) in [6, 6.07) is 0.382. The number of ether oxygens (including phenoxy) is 2. The number of hydrogen-bond donors (Lipinski definition) is 2. The van der Waals surface area contributed by atoms with E-state index < -0.39 is 0 Å². The summed E-state index contributed by atoms with van der Waals surface area (Å²) >= 11 is 0. The van der Waals surface area contributed by atoms with E-state index in [1.807, 2.05) is 14.1 Å². The van der Waals surface area contributed by atoms with E-state index in [-0.39, 0.29) is 24.0 Å². The van der Waals surface area contributed by atoms with Gasteiger partial charge in [-0.1, -0.05) is 39.5 Å². The van der Waals surface area contributed by atoms with Crippen molar-refractivity contribution >= 4 is 11.9 Å². The van der Waals surface area contributed by atoms with E-state index in [0.29, 0.717) is 38.9 Å². The molecular weight excluding hydrogens is 332 g/mol. The highest BCUT2D eigenvalue weighted by molar-refractivity contribution is 5.70. The molecular formula is C20H40N2O4. The molecule has 0 heterocycles. The smallest absolute Gasteiger partial charge is 0.307 e. The minimum atomic E-state index is -0.162. The van der Waals surface area contributed by atoms with Gasteiger partial charge in [0.15, 0.2) is 0 Å². The molecule has 154 valence electrons. The summed E-state index contributed by atoms with van der Waals surface area (Å²) in [6.07, 6.45) is 8.69. The Hall–Kier alpha value is -1.14. The van der Waals surface area contributed by atoms with E-state index in [9.17, 15) is 9.59 Å². The van der Waals surface area contributed by atoms with Gasteiger partial charge in [0, 0.05) is 12.1 Å². The van der Waals surface area contributed by atoms with Crippen LogP contribution in [0, 0.1) is 0 Å². The van der Waals surface area contributed by atoms with Crippen LogP contribution in [0.15, 0.2) is 0 Å². The first-order valence-electron chi connectivity index (χ1n) is 10.2. The molecule has 0 saturated heterocycles. The van der Waals surface area contributed by atoms with Gasteiger partial charge >= 0.3 is 11.9 Å². The summed E-state index contributed by atoms with van der Waals surface area (Å²) in [6.45, 7) is 5.05. The van der Waals surface area contributed by atoms with Crippen LogP contribution in [-0.4, -0.2) is 51.3 Å². The fourth-order valence-corrected chi connectivity index (χ4v) is 2.69. The van der Waals surface area contributed by atoms with Crippen molar-refractivity contribution in [3.8, 4) is 0 Å². The van der Waals surface area contributed by atoms with Gasteiger partial charge in [0.05, 0.1) is 26.1 Å². The largest absolute Gasteiger partial charge is 0.466 e. The summed E-state index contributed by atoms with van der Waals surface area (Å²) in [5.41, 5.74) is 0. The number of carbonyl (C=O) groups excluding carboxylic acids is 2. The molecule has 2 atom stereocenters. The van der Waals surface area contributed by atoms with Crippen molar-refractivity contribution in [1.82, 2.24) is 10.6 Å². The van der Waals surface area contributed by atoms with E-state index in [2.05, 4.69) is 24.5 Å². The van der Waals surface area contributed by atoms with Crippen LogP contribution in [0.4, 0.5) is 0 Å². The van der Waals surface area contributed by atoms with E-state index >= 15 is 0 Å². The zero-order valence-electron chi connectivity index (χ0n) is 17.3. The predicted octanol–water partition coefficient (Wildman–Crippen LogP) is 3.19. The third-order valence-corrected chi connectivity index (χ3v) is 4.52. The predicted molar refractivity (Wildman–Crippen MR) is 105 cm³/mol. The fraction of sp³-hybridized carbons (Fsp3) is 0.900. The van der Waals surface area contributed by atoms with E-state index in [1.54, 1.807) is 0 Å². The van der Waals surface area contributed by atoms with Crippen molar-refractivity contribution in [3.63, 3.8) is 0 Å². The normalized spacial score (nSPS) is 13.2. The summed E-state index contributed by atoms with van der Waals surface area (Å²) in [4.78, 5) is 23.6. The van der Waals surface area contributed by atoms with Gasteiger partial charge in [0.2, 0.25) is 0 Å². The van der Waals surface area contributed by atoms with Crippen molar-refractivity contribution in [2.75, 3.05) is 27.3 Å². The summed E-state index contributed by atoms with van der Waals surface area (Å²) < 4.78 is 10.5. The maximum Gasteiger partial charge on any atom is 0.307 e. The molecule has 6 heteroatoms. The van der Waals surface area contributed by atoms with Crippen LogP contribution in [-0.2, 0) is 19.1 Å². The maximum absolute atomic E-state index is 11.8. The number of esters is 2. The third kappa shape index (κ3) is 14.1. The molecule has 0 radical (unpaired) electrons.